The van der Waals surface area contributed by atoms with Crippen molar-refractivity contribution in [1.82, 2.24) is 0 Å². The zero-order valence-electron chi connectivity index (χ0n) is 28.0. The predicted molar refractivity (Wildman–Crippen MR) is 183 cm³/mol. The Labute approximate surface area is 320 Å². The van der Waals surface area contributed by atoms with E-state index in [1.165, 1.54) is 71.2 Å². The summed E-state index contributed by atoms with van der Waals surface area (Å²) in [5, 5.41) is 0. The van der Waals surface area contributed by atoms with Crippen LogP contribution in [-0.2, 0) is 15.2 Å². The Morgan fingerprint density at radius 3 is 1.58 bits per heavy atom. The van der Waals surface area contributed by atoms with E-state index in [0.29, 0.717) is 11.8 Å². The van der Waals surface area contributed by atoms with E-state index in [1.54, 1.807) is 0 Å². The smallest absolute Gasteiger partial charge is 0.0699 e. The normalized spacial score (nSPS) is 14.2. The summed E-state index contributed by atoms with van der Waals surface area (Å²) in [5.74, 6) is 1.87. The molecule has 0 saturated carbocycles. The zero-order valence-corrected chi connectivity index (χ0v) is 32.0. The summed E-state index contributed by atoms with van der Waals surface area (Å²) < 4.78 is 10.1. The van der Waals surface area contributed by atoms with E-state index in [-0.39, 0.29) is 61.7 Å². The van der Waals surface area contributed by atoms with Crippen LogP contribution >= 0.6 is 11.8 Å². The Morgan fingerprint density at radius 2 is 1.16 bits per heavy atom. The van der Waals surface area contributed by atoms with Gasteiger partial charge in [0, 0.05) is 80.2 Å². The Hall–Kier alpha value is -0.586. The second kappa shape index (κ2) is 25.4. The molecule has 0 atom stereocenters. The Morgan fingerprint density at radius 1 is 0.689 bits per heavy atom. The maximum absolute atomic E-state index is 5.07. The molecule has 2 fully saturated rings. The second-order valence-electron chi connectivity index (χ2n) is 12.0. The molecule has 2 heterocycles. The number of ether oxygens (including phenoxy) is 2. The van der Waals surface area contributed by atoms with Crippen molar-refractivity contribution in [2.75, 3.05) is 26.4 Å². The topological polar surface area (TPSA) is 30.8 Å². The third-order valence-electron chi connectivity index (χ3n) is 7.58. The minimum atomic E-state index is 0. The summed E-state index contributed by atoms with van der Waals surface area (Å²) in [6.07, 6.45) is 9.89. The van der Waals surface area contributed by atoms with Gasteiger partial charge in [-0.25, -0.2) is 0 Å². The SMILES string of the molecule is C1CCOCC1.C1CCOCC1.Cc1cccc(C)c1SCc1cccc(C=Nc2c(C(C)C)cccc2C(C)C)c1.[Cl-].[Cl-].[Lu]. The molecule has 0 bridgehead atoms. The van der Waals surface area contributed by atoms with Crippen LogP contribution in [0, 0.1) is 50.7 Å². The maximum Gasteiger partial charge on any atom is 0.0699 e. The molecule has 45 heavy (non-hydrogen) atoms. The molecule has 5 rings (SSSR count). The molecule has 0 spiro atoms. The third-order valence-corrected chi connectivity index (χ3v) is 8.99. The van der Waals surface area contributed by atoms with Crippen LogP contribution in [0.1, 0.15) is 111 Å². The van der Waals surface area contributed by atoms with Crippen molar-refractivity contribution in [3.05, 3.63) is 94.0 Å². The van der Waals surface area contributed by atoms with Gasteiger partial charge in [0.1, 0.15) is 0 Å². The van der Waals surface area contributed by atoms with E-state index < -0.39 is 0 Å². The summed E-state index contributed by atoms with van der Waals surface area (Å²) in [5.41, 5.74) is 8.96. The van der Waals surface area contributed by atoms with Gasteiger partial charge in [-0.3, -0.25) is 4.99 Å². The number of aryl methyl sites for hydroxylation is 2. The summed E-state index contributed by atoms with van der Waals surface area (Å²) in [7, 11) is 0. The Bertz CT molecular complexity index is 1160. The molecule has 0 aromatic heterocycles. The van der Waals surface area contributed by atoms with Gasteiger partial charge in [-0.1, -0.05) is 82.3 Å². The van der Waals surface area contributed by atoms with Crippen LogP contribution < -0.4 is 24.8 Å². The minimum Gasteiger partial charge on any atom is -1.00 e. The van der Waals surface area contributed by atoms with Crippen LogP contribution in [0.3, 0.4) is 0 Å². The Balaban J connectivity index is 0.00000107. The van der Waals surface area contributed by atoms with Crippen molar-refractivity contribution in [2.45, 2.75) is 103 Å². The molecular weight excluding hydrogens is 780 g/mol. The average molecular weight is 834 g/mol. The molecule has 2 saturated heterocycles. The van der Waals surface area contributed by atoms with E-state index in [1.807, 2.05) is 18.0 Å². The number of nitrogens with zero attached hydrogens (tertiary/aromatic N) is 1. The van der Waals surface area contributed by atoms with Gasteiger partial charge in [-0.2, -0.15) is 0 Å². The van der Waals surface area contributed by atoms with Crippen molar-refractivity contribution in [3.63, 3.8) is 0 Å². The van der Waals surface area contributed by atoms with E-state index in [2.05, 4.69) is 102 Å². The van der Waals surface area contributed by atoms with Crippen LogP contribution in [0.15, 0.2) is 70.6 Å². The molecule has 2 aliphatic heterocycles. The van der Waals surface area contributed by atoms with Crippen LogP contribution in [0.4, 0.5) is 5.69 Å². The quantitative estimate of drug-likeness (QED) is 0.249. The number of benzene rings is 3. The predicted octanol–water partition coefficient (Wildman–Crippen LogP) is 4.97. The monoisotopic (exact) mass is 832 g/mol. The van der Waals surface area contributed by atoms with Gasteiger partial charge in [0.2, 0.25) is 0 Å². The standard InChI is InChI=1S/C28H33NS.2C5H10O.2ClH.Lu/c1-19(2)25-14-9-15-26(20(3)4)27(25)29-17-23-12-8-13-24(16-23)18-30-28-21(5)10-7-11-22(28)6;2*1-2-4-6-5-3-1;;;/h7-17,19-20H,18H2,1-6H3;2*1-5H2;2*1H;/p-2. The number of hydrogen-bond acceptors (Lipinski definition) is 4. The number of rotatable bonds is 7. The molecule has 0 unspecified atom stereocenters. The largest absolute Gasteiger partial charge is 1.00 e. The van der Waals surface area contributed by atoms with Gasteiger partial charge in [0.15, 0.2) is 0 Å². The van der Waals surface area contributed by atoms with Crippen molar-refractivity contribution >= 4 is 23.7 Å². The molecule has 7 heteroatoms. The fraction of sp³-hybridized carbons (Fsp3) is 0.500. The van der Waals surface area contributed by atoms with Crippen molar-refractivity contribution in [3.8, 4) is 0 Å². The second-order valence-corrected chi connectivity index (χ2v) is 12.9. The van der Waals surface area contributed by atoms with Crippen LogP contribution in [0.25, 0.3) is 0 Å². The zero-order chi connectivity index (χ0) is 30.2. The molecule has 3 aromatic rings. The van der Waals surface area contributed by atoms with Gasteiger partial charge in [0.05, 0.1) is 5.69 Å². The molecule has 0 N–H and O–H groups in total. The molecule has 0 aliphatic carbocycles. The van der Waals surface area contributed by atoms with Gasteiger partial charge in [-0.15, -0.1) is 11.8 Å². The number of para-hydroxylation sites is 1. The maximum atomic E-state index is 5.07. The molecule has 0 amide bonds. The molecule has 3 aromatic carbocycles. The van der Waals surface area contributed by atoms with Gasteiger partial charge < -0.3 is 34.3 Å². The molecule has 3 nitrogen and oxygen atoms in total. The summed E-state index contributed by atoms with van der Waals surface area (Å²) in [6.45, 7) is 17.3. The van der Waals surface area contributed by atoms with Crippen molar-refractivity contribution in [2.24, 2.45) is 4.99 Å². The first-order chi connectivity index (χ1) is 20.4. The van der Waals surface area contributed by atoms with E-state index in [9.17, 15) is 0 Å². The van der Waals surface area contributed by atoms with Gasteiger partial charge >= 0.3 is 0 Å². The number of aliphatic imine (C=N–C) groups is 1. The number of thioether (sulfide) groups is 1. The number of hydrogen-bond donors (Lipinski definition) is 0. The van der Waals surface area contributed by atoms with E-state index in [0.717, 1.165) is 43.4 Å². The molecule has 1 radical (unpaired) electrons. The molecular formula is C38H53Cl2LuNO2S-2. The fourth-order valence-electron chi connectivity index (χ4n) is 5.12. The van der Waals surface area contributed by atoms with Gasteiger partial charge in [-0.05, 0) is 104 Å². The van der Waals surface area contributed by atoms with Crippen LogP contribution in [0.2, 0.25) is 0 Å². The fourth-order valence-corrected chi connectivity index (χ4v) is 6.20. The number of halogens is 2. The summed E-state index contributed by atoms with van der Waals surface area (Å²) in [6, 6.07) is 21.8. The molecule has 259 valence electrons. The Kier molecular flexibility index (Phi) is 25.1. The summed E-state index contributed by atoms with van der Waals surface area (Å²) in [4.78, 5) is 6.37. The first kappa shape index (κ1) is 44.4. The van der Waals surface area contributed by atoms with E-state index >= 15 is 0 Å². The van der Waals surface area contributed by atoms with Crippen LogP contribution in [-0.4, -0.2) is 32.6 Å². The van der Waals surface area contributed by atoms with Gasteiger partial charge in [0.25, 0.3) is 0 Å². The first-order valence-corrected chi connectivity index (χ1v) is 17.0. The third kappa shape index (κ3) is 16.4. The van der Waals surface area contributed by atoms with Crippen LogP contribution in [0.5, 0.6) is 0 Å². The van der Waals surface area contributed by atoms with Crippen molar-refractivity contribution in [1.29, 1.82) is 0 Å². The van der Waals surface area contributed by atoms with E-state index in [4.69, 9.17) is 14.5 Å². The average Bonchev–Trinajstić information content (AvgIpc) is 3.02. The minimum absolute atomic E-state index is 0. The first-order valence-electron chi connectivity index (χ1n) is 16.0. The van der Waals surface area contributed by atoms with Crippen molar-refractivity contribution < 1.29 is 71.2 Å². The molecule has 2 aliphatic rings. The summed E-state index contributed by atoms with van der Waals surface area (Å²) >= 11 is 1.92.